The first-order valence-corrected chi connectivity index (χ1v) is 7.03. The van der Waals surface area contributed by atoms with Gasteiger partial charge in [-0.15, -0.1) is 0 Å². The summed E-state index contributed by atoms with van der Waals surface area (Å²) in [4.78, 5) is 13.6. The second-order valence-electron chi connectivity index (χ2n) is 5.58. The third-order valence-corrected chi connectivity index (χ3v) is 4.36. The normalized spacial score (nSPS) is 20.8. The Bertz CT molecular complexity index is 416. The molecule has 0 N–H and O–H groups in total. The molecule has 1 fully saturated rings. The van der Waals surface area contributed by atoms with Crippen molar-refractivity contribution in [2.75, 3.05) is 6.54 Å². The lowest BCUT2D eigenvalue weighted by atomic mass is 9.74. The van der Waals surface area contributed by atoms with Crippen molar-refractivity contribution >= 4 is 17.9 Å². The molecule has 0 saturated carbocycles. The molecule has 0 bridgehead atoms. The Morgan fingerprint density at radius 2 is 1.94 bits per heavy atom. The predicted molar refractivity (Wildman–Crippen MR) is 78.2 cm³/mol. The lowest BCUT2D eigenvalue weighted by Gasteiger charge is -2.44. The van der Waals surface area contributed by atoms with Gasteiger partial charge in [0.1, 0.15) is 0 Å². The molecule has 1 amide bonds. The van der Waals surface area contributed by atoms with Crippen LogP contribution in [0.1, 0.15) is 38.7 Å². The minimum absolute atomic E-state index is 0.0277. The van der Waals surface area contributed by atoms with Crippen molar-refractivity contribution < 1.29 is 4.79 Å². The summed E-state index contributed by atoms with van der Waals surface area (Å²) in [6.07, 6.45) is 3.35. The molecule has 3 heteroatoms. The van der Waals surface area contributed by atoms with Crippen LogP contribution in [0.15, 0.2) is 30.3 Å². The van der Waals surface area contributed by atoms with E-state index in [1.54, 1.807) is 0 Å². The summed E-state index contributed by atoms with van der Waals surface area (Å²) in [5.41, 5.74) is 1.26. The van der Waals surface area contributed by atoms with E-state index in [-0.39, 0.29) is 16.7 Å². The van der Waals surface area contributed by atoms with E-state index in [0.29, 0.717) is 0 Å². The molecular formula is C15H21NOS. The zero-order valence-corrected chi connectivity index (χ0v) is 12.0. The number of hydrogen-bond donors (Lipinski definition) is 1. The molecule has 2 nitrogen and oxygen atoms in total. The van der Waals surface area contributed by atoms with E-state index in [9.17, 15) is 4.79 Å². The number of carbonyl (C=O) groups is 1. The van der Waals surface area contributed by atoms with Gasteiger partial charge in [-0.1, -0.05) is 56.8 Å². The molecule has 0 radical (unpaired) electrons. The second kappa shape index (κ2) is 5.35. The smallest absolute Gasteiger partial charge is 0.278 e. The van der Waals surface area contributed by atoms with E-state index in [2.05, 4.69) is 50.7 Å². The highest BCUT2D eigenvalue weighted by atomic mass is 32.1. The van der Waals surface area contributed by atoms with Crippen LogP contribution in [0.5, 0.6) is 0 Å². The largest absolute Gasteiger partial charge is 0.330 e. The minimum Gasteiger partial charge on any atom is -0.330 e. The van der Waals surface area contributed by atoms with Crippen molar-refractivity contribution in [2.45, 2.75) is 44.6 Å². The fourth-order valence-corrected chi connectivity index (χ4v) is 3.21. The van der Waals surface area contributed by atoms with Crippen LogP contribution in [0, 0.1) is 0 Å². The SMILES string of the molecule is CC(C)(c1ccccc1)[C@@H]1CCCCN1C(=O)S. The zero-order chi connectivity index (χ0) is 13.2. The van der Waals surface area contributed by atoms with E-state index in [1.165, 1.54) is 12.0 Å². The Morgan fingerprint density at radius 1 is 1.28 bits per heavy atom. The molecule has 1 atom stereocenters. The third kappa shape index (κ3) is 2.56. The van der Waals surface area contributed by atoms with Crippen molar-refractivity contribution in [3.8, 4) is 0 Å². The molecule has 18 heavy (non-hydrogen) atoms. The maximum absolute atomic E-state index is 11.7. The van der Waals surface area contributed by atoms with Gasteiger partial charge < -0.3 is 4.90 Å². The molecule has 1 heterocycles. The van der Waals surface area contributed by atoms with Crippen LogP contribution in [0.2, 0.25) is 0 Å². The van der Waals surface area contributed by atoms with Crippen LogP contribution in [-0.4, -0.2) is 22.7 Å². The number of piperidine rings is 1. The monoisotopic (exact) mass is 263 g/mol. The summed E-state index contributed by atoms with van der Waals surface area (Å²) in [5.74, 6) is 0. The van der Waals surface area contributed by atoms with Gasteiger partial charge in [0.05, 0.1) is 0 Å². The van der Waals surface area contributed by atoms with Gasteiger partial charge in [-0.05, 0) is 24.8 Å². The lowest BCUT2D eigenvalue weighted by molar-refractivity contribution is 0.129. The van der Waals surface area contributed by atoms with Gasteiger partial charge in [0, 0.05) is 18.0 Å². The van der Waals surface area contributed by atoms with Gasteiger partial charge in [0.25, 0.3) is 5.24 Å². The maximum atomic E-state index is 11.7. The summed E-state index contributed by atoms with van der Waals surface area (Å²) in [6, 6.07) is 10.7. The first-order valence-electron chi connectivity index (χ1n) is 6.58. The summed E-state index contributed by atoms with van der Waals surface area (Å²) >= 11 is 4.03. The number of nitrogens with zero attached hydrogens (tertiary/aromatic N) is 1. The van der Waals surface area contributed by atoms with Gasteiger partial charge >= 0.3 is 0 Å². The van der Waals surface area contributed by atoms with Gasteiger partial charge in [-0.2, -0.15) is 0 Å². The van der Waals surface area contributed by atoms with Crippen molar-refractivity contribution in [2.24, 2.45) is 0 Å². The van der Waals surface area contributed by atoms with Gasteiger partial charge in [-0.3, -0.25) is 4.79 Å². The number of amides is 1. The van der Waals surface area contributed by atoms with E-state index in [0.717, 1.165) is 19.4 Å². The topological polar surface area (TPSA) is 20.3 Å². The number of thiol groups is 1. The van der Waals surface area contributed by atoms with Crippen LogP contribution < -0.4 is 0 Å². The van der Waals surface area contributed by atoms with Crippen molar-refractivity contribution in [3.05, 3.63) is 35.9 Å². The molecule has 1 aliphatic heterocycles. The van der Waals surface area contributed by atoms with Crippen LogP contribution in [0.3, 0.4) is 0 Å². The molecular weight excluding hydrogens is 242 g/mol. The van der Waals surface area contributed by atoms with E-state index in [4.69, 9.17) is 0 Å². The molecule has 0 aromatic heterocycles. The lowest BCUT2D eigenvalue weighted by Crippen LogP contribution is -2.51. The van der Waals surface area contributed by atoms with Gasteiger partial charge in [-0.25, -0.2) is 0 Å². The molecule has 1 aliphatic rings. The molecule has 1 saturated heterocycles. The number of likely N-dealkylation sites (tertiary alicyclic amines) is 1. The Balaban J connectivity index is 2.30. The number of rotatable bonds is 2. The van der Waals surface area contributed by atoms with Crippen molar-refractivity contribution in [3.63, 3.8) is 0 Å². The molecule has 0 spiro atoms. The quantitative estimate of drug-likeness (QED) is 0.803. The van der Waals surface area contributed by atoms with E-state index < -0.39 is 0 Å². The van der Waals surface area contributed by atoms with Crippen LogP contribution >= 0.6 is 12.6 Å². The average molecular weight is 263 g/mol. The maximum Gasteiger partial charge on any atom is 0.278 e. The predicted octanol–water partition coefficient (Wildman–Crippen LogP) is 3.87. The van der Waals surface area contributed by atoms with Crippen molar-refractivity contribution in [1.82, 2.24) is 4.90 Å². The average Bonchev–Trinajstić information content (AvgIpc) is 2.39. The molecule has 1 aromatic rings. The van der Waals surface area contributed by atoms with Crippen LogP contribution in [0.25, 0.3) is 0 Å². The number of carbonyl (C=O) groups excluding carboxylic acids is 1. The fourth-order valence-electron chi connectivity index (χ4n) is 2.97. The third-order valence-electron chi connectivity index (χ3n) is 4.10. The fraction of sp³-hybridized carbons (Fsp3) is 0.533. The summed E-state index contributed by atoms with van der Waals surface area (Å²) < 4.78 is 0. The van der Waals surface area contributed by atoms with E-state index in [1.807, 2.05) is 11.0 Å². The molecule has 1 aromatic carbocycles. The molecule has 0 aliphatic carbocycles. The standard InChI is InChI=1S/C15H21NOS/c1-15(2,12-8-4-3-5-9-12)13-10-6-7-11-16(13)14(17)18/h3-5,8-9,13H,6-7,10-11H2,1-2H3,(H,17,18)/t13-/m0/s1. The summed E-state index contributed by atoms with van der Waals surface area (Å²) in [6.45, 7) is 5.29. The highest BCUT2D eigenvalue weighted by Crippen LogP contribution is 2.36. The summed E-state index contributed by atoms with van der Waals surface area (Å²) in [5, 5.41) is -0.0938. The van der Waals surface area contributed by atoms with Crippen molar-refractivity contribution in [1.29, 1.82) is 0 Å². The van der Waals surface area contributed by atoms with Gasteiger partial charge in [0.2, 0.25) is 0 Å². The Hall–Kier alpha value is -0.960. The Morgan fingerprint density at radius 3 is 2.56 bits per heavy atom. The van der Waals surface area contributed by atoms with Crippen LogP contribution in [-0.2, 0) is 5.41 Å². The van der Waals surface area contributed by atoms with Gasteiger partial charge in [0.15, 0.2) is 0 Å². The Labute approximate surface area is 115 Å². The number of benzene rings is 1. The summed E-state index contributed by atoms with van der Waals surface area (Å²) in [7, 11) is 0. The molecule has 0 unspecified atom stereocenters. The zero-order valence-electron chi connectivity index (χ0n) is 11.1. The molecule has 98 valence electrons. The second-order valence-corrected chi connectivity index (χ2v) is 5.96. The first-order chi connectivity index (χ1) is 8.53. The highest BCUT2D eigenvalue weighted by Gasteiger charge is 2.38. The van der Waals surface area contributed by atoms with Crippen LogP contribution in [0.4, 0.5) is 4.79 Å². The number of hydrogen-bond acceptors (Lipinski definition) is 1. The Kier molecular flexibility index (Phi) is 4.00. The highest BCUT2D eigenvalue weighted by molar-refractivity contribution is 7.96. The minimum atomic E-state index is -0.0938. The van der Waals surface area contributed by atoms with E-state index >= 15 is 0 Å². The first kappa shape index (κ1) is 13.5. The molecule has 2 rings (SSSR count).